The second kappa shape index (κ2) is 7.51. The van der Waals surface area contributed by atoms with Crippen molar-refractivity contribution in [2.45, 2.75) is 0 Å². The van der Waals surface area contributed by atoms with Crippen molar-refractivity contribution in [3.8, 4) is 0 Å². The third kappa shape index (κ3) is 4.66. The summed E-state index contributed by atoms with van der Waals surface area (Å²) < 4.78 is 4.28. The van der Waals surface area contributed by atoms with E-state index in [1.807, 2.05) is 30.3 Å². The van der Waals surface area contributed by atoms with Gasteiger partial charge in [-0.2, -0.15) is 0 Å². The highest BCUT2D eigenvalue weighted by atomic mass is 32.2. The summed E-state index contributed by atoms with van der Waals surface area (Å²) >= 11 is 6.09. The van der Waals surface area contributed by atoms with E-state index in [0.717, 1.165) is 17.6 Å². The third-order valence-corrected chi connectivity index (χ3v) is 3.18. The van der Waals surface area contributed by atoms with Crippen molar-refractivity contribution in [3.63, 3.8) is 0 Å². The fraction of sp³-hybridized carbons (Fsp3) is 0. The minimum Gasteiger partial charge on any atom is -0.478 e. The van der Waals surface area contributed by atoms with Crippen LogP contribution in [0.25, 0.3) is 0 Å². The van der Waals surface area contributed by atoms with E-state index < -0.39 is 5.97 Å². The van der Waals surface area contributed by atoms with Crippen molar-refractivity contribution < 1.29 is 9.90 Å². The molecule has 7 heteroatoms. The normalized spacial score (nSPS) is 10.5. The van der Waals surface area contributed by atoms with Crippen LogP contribution < -0.4 is 5.32 Å². The summed E-state index contributed by atoms with van der Waals surface area (Å²) in [6, 6.07) is 15.8. The summed E-state index contributed by atoms with van der Waals surface area (Å²) in [6.45, 7) is 0. The lowest BCUT2D eigenvalue weighted by Gasteiger charge is -2.03. The van der Waals surface area contributed by atoms with E-state index >= 15 is 0 Å². The smallest absolute Gasteiger partial charge is 0.337 e. The first kappa shape index (κ1) is 15.1. The molecule has 0 unspecified atom stereocenters. The van der Waals surface area contributed by atoms with Crippen molar-refractivity contribution >= 4 is 45.8 Å². The van der Waals surface area contributed by atoms with Crippen LogP contribution in [0.4, 0.5) is 11.4 Å². The average molecular weight is 317 g/mol. The molecule has 0 bridgehead atoms. The van der Waals surface area contributed by atoms with Crippen molar-refractivity contribution in [2.24, 2.45) is 9.63 Å². The van der Waals surface area contributed by atoms with Crippen LogP contribution >= 0.6 is 24.2 Å². The molecule has 2 N–H and O–H groups in total. The van der Waals surface area contributed by atoms with Gasteiger partial charge in [0.25, 0.3) is 0 Å². The van der Waals surface area contributed by atoms with E-state index in [1.165, 1.54) is 6.07 Å². The van der Waals surface area contributed by atoms with Crippen LogP contribution in [0.1, 0.15) is 10.4 Å². The summed E-state index contributed by atoms with van der Waals surface area (Å²) in [5, 5.41) is 15.9. The van der Waals surface area contributed by atoms with Crippen molar-refractivity contribution in [3.05, 3.63) is 60.2 Å². The second-order valence-corrected chi connectivity index (χ2v) is 5.29. The summed E-state index contributed by atoms with van der Waals surface area (Å²) in [4.78, 5) is 11.0. The number of anilines is 1. The standard InChI is InChI=1S/C14H11N3O2S2/c18-13(19)11-8-4-5-9-12(11)16-17-21-14(20)15-10-6-2-1-3-7-10/h1-9H,(H,15,20)(H,18,19). The quantitative estimate of drug-likeness (QED) is 0.493. The van der Waals surface area contributed by atoms with Crippen LogP contribution in [-0.2, 0) is 0 Å². The molecule has 0 saturated heterocycles. The minimum absolute atomic E-state index is 0.101. The number of hydrogen-bond donors (Lipinski definition) is 2. The highest BCUT2D eigenvalue weighted by Crippen LogP contribution is 2.21. The fourth-order valence-electron chi connectivity index (χ4n) is 1.51. The predicted molar refractivity (Wildman–Crippen MR) is 88.2 cm³/mol. The van der Waals surface area contributed by atoms with Crippen LogP contribution in [0.5, 0.6) is 0 Å². The van der Waals surface area contributed by atoms with Gasteiger partial charge in [-0.15, -0.1) is 9.63 Å². The van der Waals surface area contributed by atoms with Crippen molar-refractivity contribution in [2.75, 3.05) is 5.32 Å². The molecule has 0 aliphatic heterocycles. The number of thiocarbonyl (C=S) groups is 1. The summed E-state index contributed by atoms with van der Waals surface area (Å²) in [5.74, 6) is -1.04. The van der Waals surface area contributed by atoms with Gasteiger partial charge in [-0.05, 0) is 24.3 Å². The van der Waals surface area contributed by atoms with E-state index in [2.05, 4.69) is 15.0 Å². The van der Waals surface area contributed by atoms with Crippen molar-refractivity contribution in [1.82, 2.24) is 0 Å². The fourth-order valence-corrected chi connectivity index (χ4v) is 2.09. The Morgan fingerprint density at radius 3 is 2.48 bits per heavy atom. The number of nitrogens with zero attached hydrogens (tertiary/aromatic N) is 2. The predicted octanol–water partition coefficient (Wildman–Crippen LogP) is 4.51. The lowest BCUT2D eigenvalue weighted by molar-refractivity contribution is 0.0698. The largest absolute Gasteiger partial charge is 0.478 e. The number of carbonyl (C=O) groups is 1. The number of nitrogens with one attached hydrogen (secondary N) is 1. The highest BCUT2D eigenvalue weighted by Gasteiger charge is 2.08. The van der Waals surface area contributed by atoms with Crippen LogP contribution in [0.2, 0.25) is 0 Å². The molecule has 21 heavy (non-hydrogen) atoms. The van der Waals surface area contributed by atoms with Gasteiger partial charge in [-0.3, -0.25) is 0 Å². The Kier molecular flexibility index (Phi) is 5.42. The number of carboxylic acids is 1. The minimum atomic E-state index is -1.04. The SMILES string of the molecule is O=C(O)c1ccccc1N=NSC(=S)Nc1ccccc1. The van der Waals surface area contributed by atoms with Gasteiger partial charge < -0.3 is 10.4 Å². The Balaban J connectivity index is 1.97. The number of para-hydroxylation sites is 1. The maximum absolute atomic E-state index is 11.0. The molecule has 2 aromatic rings. The maximum Gasteiger partial charge on any atom is 0.337 e. The Hall–Kier alpha value is -2.25. The number of rotatable bonds is 4. The Morgan fingerprint density at radius 1 is 1.10 bits per heavy atom. The molecule has 0 saturated carbocycles. The highest BCUT2D eigenvalue weighted by molar-refractivity contribution is 8.22. The zero-order chi connectivity index (χ0) is 15.1. The first-order chi connectivity index (χ1) is 10.2. The average Bonchev–Trinajstić information content (AvgIpc) is 2.48. The van der Waals surface area contributed by atoms with Gasteiger partial charge in [-0.1, -0.05) is 42.5 Å². The lowest BCUT2D eigenvalue weighted by atomic mass is 10.2. The van der Waals surface area contributed by atoms with Gasteiger partial charge in [-0.25, -0.2) is 4.79 Å². The molecule has 0 spiro atoms. The summed E-state index contributed by atoms with van der Waals surface area (Å²) in [7, 11) is 0. The zero-order valence-corrected chi connectivity index (χ0v) is 12.4. The molecular formula is C14H11N3O2S2. The molecule has 5 nitrogen and oxygen atoms in total. The lowest BCUT2D eigenvalue weighted by Crippen LogP contribution is -2.02. The number of benzene rings is 2. The Labute approximate surface area is 131 Å². The monoisotopic (exact) mass is 317 g/mol. The molecule has 0 atom stereocenters. The van der Waals surface area contributed by atoms with E-state index in [4.69, 9.17) is 17.3 Å². The van der Waals surface area contributed by atoms with Crippen molar-refractivity contribution in [1.29, 1.82) is 0 Å². The van der Waals surface area contributed by atoms with E-state index in [1.54, 1.807) is 18.2 Å². The van der Waals surface area contributed by atoms with E-state index in [0.29, 0.717) is 10.0 Å². The molecule has 0 radical (unpaired) electrons. The molecular weight excluding hydrogens is 306 g/mol. The summed E-state index contributed by atoms with van der Waals surface area (Å²) in [6.07, 6.45) is 0. The van der Waals surface area contributed by atoms with Gasteiger partial charge >= 0.3 is 5.97 Å². The van der Waals surface area contributed by atoms with Gasteiger partial charge in [0.1, 0.15) is 5.69 Å². The zero-order valence-electron chi connectivity index (χ0n) is 10.8. The molecule has 2 rings (SSSR count). The van der Waals surface area contributed by atoms with E-state index in [9.17, 15) is 4.79 Å². The number of carboxylic acid groups (broad SMARTS) is 1. The molecule has 0 fully saturated rings. The molecule has 0 aliphatic carbocycles. The van der Waals surface area contributed by atoms with E-state index in [-0.39, 0.29) is 5.56 Å². The van der Waals surface area contributed by atoms with Crippen LogP contribution in [0.15, 0.2) is 64.2 Å². The molecule has 0 aromatic heterocycles. The molecule has 0 heterocycles. The maximum atomic E-state index is 11.0. The summed E-state index contributed by atoms with van der Waals surface area (Å²) in [5.41, 5.74) is 1.25. The first-order valence-electron chi connectivity index (χ1n) is 5.93. The van der Waals surface area contributed by atoms with Crippen LogP contribution in [0, 0.1) is 0 Å². The Morgan fingerprint density at radius 2 is 1.76 bits per heavy atom. The van der Waals surface area contributed by atoms with Gasteiger partial charge in [0.05, 0.1) is 17.5 Å². The van der Waals surface area contributed by atoms with Gasteiger partial charge in [0.15, 0.2) is 4.32 Å². The second-order valence-electron chi connectivity index (χ2n) is 3.87. The van der Waals surface area contributed by atoms with Gasteiger partial charge in [0, 0.05) is 5.69 Å². The van der Waals surface area contributed by atoms with Gasteiger partial charge in [0.2, 0.25) is 0 Å². The number of hydrogen-bond acceptors (Lipinski definition) is 5. The molecule has 2 aromatic carbocycles. The topological polar surface area (TPSA) is 74.0 Å². The molecule has 0 amide bonds. The van der Waals surface area contributed by atoms with Crippen LogP contribution in [0.3, 0.4) is 0 Å². The number of aromatic carboxylic acids is 1. The van der Waals surface area contributed by atoms with Crippen LogP contribution in [-0.4, -0.2) is 15.4 Å². The third-order valence-electron chi connectivity index (χ3n) is 2.43. The first-order valence-corrected chi connectivity index (χ1v) is 7.11. The Bertz CT molecular complexity index is 675. The molecule has 106 valence electrons. The molecule has 0 aliphatic rings.